The number of aryl methyl sites for hydroxylation is 1. The summed E-state index contributed by atoms with van der Waals surface area (Å²) in [4.78, 5) is 15.6. The fourth-order valence-electron chi connectivity index (χ4n) is 2.18. The van der Waals surface area contributed by atoms with Gasteiger partial charge in [-0.3, -0.25) is 4.79 Å². The van der Waals surface area contributed by atoms with Crippen LogP contribution >= 0.6 is 34.5 Å². The van der Waals surface area contributed by atoms with Crippen molar-refractivity contribution in [1.82, 2.24) is 4.98 Å². The van der Waals surface area contributed by atoms with Gasteiger partial charge in [0.1, 0.15) is 22.6 Å². The first kappa shape index (κ1) is 18.7. The molecular formula is C17H16Cl2N2O2S. The van der Waals surface area contributed by atoms with Crippen molar-refractivity contribution in [3.63, 3.8) is 0 Å². The molecule has 7 heteroatoms. The number of hydrogen-bond acceptors (Lipinski definition) is 5. The second-order valence-electron chi connectivity index (χ2n) is 5.29. The Morgan fingerprint density at radius 1 is 1.42 bits per heavy atom. The van der Waals surface area contributed by atoms with Crippen LogP contribution in [-0.2, 0) is 11.2 Å². The highest BCUT2D eigenvalue weighted by Crippen LogP contribution is 2.39. The maximum atomic E-state index is 11.2. The summed E-state index contributed by atoms with van der Waals surface area (Å²) in [5.41, 5.74) is 2.49. The number of Topliss-reactive ketones (excluding diaryl/α,β-unsaturated/α-hetero) is 1. The molecule has 0 amide bonds. The van der Waals surface area contributed by atoms with Crippen LogP contribution in [-0.4, -0.2) is 17.4 Å². The van der Waals surface area contributed by atoms with Crippen molar-refractivity contribution in [1.29, 1.82) is 5.26 Å². The lowest BCUT2D eigenvalue weighted by atomic mass is 10.0. The number of ketones is 1. The number of unbranched alkanes of at least 4 members (excludes halogenated alkanes) is 1. The lowest BCUT2D eigenvalue weighted by molar-refractivity contribution is -0.119. The summed E-state index contributed by atoms with van der Waals surface area (Å²) in [5, 5.41) is 9.48. The standard InChI is InChI=1S/C17H16Cl2N2O2S/c1-3-4-5-11-6-14(12-7-15(18)24-16(12)19)21-17(13(11)8-20)23-9-10(2)22/h6-7H,3-5,9H2,1-2H3. The molecule has 2 heterocycles. The van der Waals surface area contributed by atoms with Gasteiger partial charge < -0.3 is 4.74 Å². The van der Waals surface area contributed by atoms with Crippen LogP contribution in [0.2, 0.25) is 8.67 Å². The summed E-state index contributed by atoms with van der Waals surface area (Å²) in [6, 6.07) is 5.72. The molecule has 2 aromatic heterocycles. The van der Waals surface area contributed by atoms with E-state index in [-0.39, 0.29) is 18.3 Å². The lowest BCUT2D eigenvalue weighted by Gasteiger charge is -2.12. The zero-order valence-corrected chi connectivity index (χ0v) is 15.7. The van der Waals surface area contributed by atoms with Gasteiger partial charge in [-0.15, -0.1) is 11.3 Å². The van der Waals surface area contributed by atoms with Crippen molar-refractivity contribution in [2.24, 2.45) is 0 Å². The summed E-state index contributed by atoms with van der Waals surface area (Å²) in [6.45, 7) is 3.37. The normalized spacial score (nSPS) is 10.5. The minimum atomic E-state index is -0.141. The summed E-state index contributed by atoms with van der Waals surface area (Å²) in [6.07, 6.45) is 2.65. The van der Waals surface area contributed by atoms with E-state index in [1.54, 1.807) is 6.07 Å². The van der Waals surface area contributed by atoms with Crippen LogP contribution in [0.1, 0.15) is 37.8 Å². The Hall–Kier alpha value is -1.61. The van der Waals surface area contributed by atoms with Gasteiger partial charge in [0, 0.05) is 5.56 Å². The average molecular weight is 383 g/mol. The van der Waals surface area contributed by atoms with Crippen LogP contribution < -0.4 is 4.74 Å². The highest BCUT2D eigenvalue weighted by Gasteiger charge is 2.18. The number of thiophene rings is 1. The molecule has 0 aromatic carbocycles. The Labute approximate surface area is 155 Å². The fourth-order valence-corrected chi connectivity index (χ4v) is 3.66. The van der Waals surface area contributed by atoms with Gasteiger partial charge in [-0.25, -0.2) is 4.98 Å². The molecule has 0 bridgehead atoms. The molecule has 126 valence electrons. The Bertz CT molecular complexity index is 797. The number of carbonyl (C=O) groups is 1. The SMILES string of the molecule is CCCCc1cc(-c2cc(Cl)sc2Cl)nc(OCC(C)=O)c1C#N. The maximum Gasteiger partial charge on any atom is 0.232 e. The number of pyridine rings is 1. The molecule has 0 aliphatic carbocycles. The molecule has 0 N–H and O–H groups in total. The summed E-state index contributed by atoms with van der Waals surface area (Å²) >= 11 is 13.5. The number of carbonyl (C=O) groups excluding carboxylic acids is 1. The predicted octanol–water partition coefficient (Wildman–Crippen LogP) is 5.30. The molecule has 0 atom stereocenters. The molecule has 2 rings (SSSR count). The Balaban J connectivity index is 2.55. The molecular weight excluding hydrogens is 367 g/mol. The highest BCUT2D eigenvalue weighted by molar-refractivity contribution is 7.20. The monoisotopic (exact) mass is 382 g/mol. The minimum Gasteiger partial charge on any atom is -0.469 e. The van der Waals surface area contributed by atoms with Crippen LogP contribution in [0.5, 0.6) is 5.88 Å². The number of aromatic nitrogens is 1. The number of rotatable bonds is 7. The van der Waals surface area contributed by atoms with Gasteiger partial charge in [0.15, 0.2) is 5.78 Å². The van der Waals surface area contributed by atoms with Gasteiger partial charge in [-0.1, -0.05) is 36.5 Å². The second-order valence-corrected chi connectivity index (χ2v) is 7.58. The van der Waals surface area contributed by atoms with Crippen molar-refractivity contribution in [3.8, 4) is 23.2 Å². The average Bonchev–Trinajstić information content (AvgIpc) is 2.88. The Morgan fingerprint density at radius 3 is 2.71 bits per heavy atom. The highest BCUT2D eigenvalue weighted by atomic mass is 35.5. The van der Waals surface area contributed by atoms with Gasteiger partial charge >= 0.3 is 0 Å². The van der Waals surface area contributed by atoms with E-state index in [2.05, 4.69) is 18.0 Å². The van der Waals surface area contributed by atoms with Crippen LogP contribution in [0.25, 0.3) is 11.3 Å². The van der Waals surface area contributed by atoms with E-state index >= 15 is 0 Å². The van der Waals surface area contributed by atoms with E-state index in [4.69, 9.17) is 27.9 Å². The van der Waals surface area contributed by atoms with Crippen LogP contribution in [0, 0.1) is 11.3 Å². The van der Waals surface area contributed by atoms with Gasteiger partial charge in [0.25, 0.3) is 0 Å². The lowest BCUT2D eigenvalue weighted by Crippen LogP contribution is -2.10. The Morgan fingerprint density at radius 2 is 2.17 bits per heavy atom. The van der Waals surface area contributed by atoms with Gasteiger partial charge in [0.05, 0.1) is 10.0 Å². The van der Waals surface area contributed by atoms with E-state index in [9.17, 15) is 10.1 Å². The molecule has 0 saturated heterocycles. The van der Waals surface area contributed by atoms with E-state index < -0.39 is 0 Å². The molecule has 0 aliphatic heterocycles. The van der Waals surface area contributed by atoms with Crippen molar-refractivity contribution < 1.29 is 9.53 Å². The van der Waals surface area contributed by atoms with Crippen LogP contribution in [0.15, 0.2) is 12.1 Å². The number of nitrogens with zero attached hydrogens (tertiary/aromatic N) is 2. The molecule has 0 aliphatic rings. The minimum absolute atomic E-state index is 0.128. The largest absolute Gasteiger partial charge is 0.469 e. The third-order valence-corrected chi connectivity index (χ3v) is 4.81. The predicted molar refractivity (Wildman–Crippen MR) is 97.1 cm³/mol. The van der Waals surface area contributed by atoms with Crippen molar-refractivity contribution in [3.05, 3.63) is 31.9 Å². The first-order chi connectivity index (χ1) is 11.5. The molecule has 0 spiro atoms. The summed E-state index contributed by atoms with van der Waals surface area (Å²) < 4.78 is 6.55. The van der Waals surface area contributed by atoms with Crippen molar-refractivity contribution in [2.75, 3.05) is 6.61 Å². The second kappa shape index (κ2) is 8.48. The zero-order chi connectivity index (χ0) is 17.7. The molecule has 0 fully saturated rings. The van der Waals surface area contributed by atoms with E-state index in [1.807, 2.05) is 6.07 Å². The molecule has 0 radical (unpaired) electrons. The fraction of sp³-hybridized carbons (Fsp3) is 0.353. The Kier molecular flexibility index (Phi) is 6.61. The van der Waals surface area contributed by atoms with Gasteiger partial charge in [-0.2, -0.15) is 5.26 Å². The van der Waals surface area contributed by atoms with E-state index in [0.717, 1.165) is 24.8 Å². The zero-order valence-electron chi connectivity index (χ0n) is 13.4. The third kappa shape index (κ3) is 4.47. The molecule has 2 aromatic rings. The third-order valence-electron chi connectivity index (χ3n) is 3.32. The number of halogens is 2. The van der Waals surface area contributed by atoms with Crippen LogP contribution in [0.4, 0.5) is 0 Å². The summed E-state index contributed by atoms with van der Waals surface area (Å²) in [5.74, 6) is 0.0208. The first-order valence-corrected chi connectivity index (χ1v) is 9.05. The first-order valence-electron chi connectivity index (χ1n) is 7.47. The molecule has 4 nitrogen and oxygen atoms in total. The summed E-state index contributed by atoms with van der Waals surface area (Å²) in [7, 11) is 0. The topological polar surface area (TPSA) is 63.0 Å². The van der Waals surface area contributed by atoms with E-state index in [0.29, 0.717) is 25.5 Å². The molecule has 0 saturated carbocycles. The molecule has 0 unspecified atom stereocenters. The van der Waals surface area contributed by atoms with Crippen LogP contribution in [0.3, 0.4) is 0 Å². The molecule has 24 heavy (non-hydrogen) atoms. The maximum absolute atomic E-state index is 11.2. The van der Waals surface area contributed by atoms with Gasteiger partial charge in [0.2, 0.25) is 5.88 Å². The van der Waals surface area contributed by atoms with E-state index in [1.165, 1.54) is 18.3 Å². The van der Waals surface area contributed by atoms with Crippen molar-refractivity contribution >= 4 is 40.3 Å². The number of nitriles is 1. The van der Waals surface area contributed by atoms with Crippen molar-refractivity contribution in [2.45, 2.75) is 33.1 Å². The quantitative estimate of drug-likeness (QED) is 0.651. The number of ether oxygens (including phenoxy) is 1. The van der Waals surface area contributed by atoms with Gasteiger partial charge in [-0.05, 0) is 37.5 Å². The smallest absolute Gasteiger partial charge is 0.232 e. The number of hydrogen-bond donors (Lipinski definition) is 0.